The van der Waals surface area contributed by atoms with E-state index in [2.05, 4.69) is 18.3 Å². The molecule has 3 heteroatoms. The summed E-state index contributed by atoms with van der Waals surface area (Å²) in [6.45, 7) is 2.77. The van der Waals surface area contributed by atoms with Crippen LogP contribution in [0.1, 0.15) is 44.2 Å². The molecule has 17 heavy (non-hydrogen) atoms. The fourth-order valence-electron chi connectivity index (χ4n) is 2.45. The van der Waals surface area contributed by atoms with Gasteiger partial charge in [-0.15, -0.1) is 0 Å². The molecule has 0 saturated heterocycles. The van der Waals surface area contributed by atoms with Gasteiger partial charge in [0.2, 0.25) is 0 Å². The Hall–Kier alpha value is -0.570. The molecule has 0 unspecified atom stereocenters. The van der Waals surface area contributed by atoms with Crippen LogP contribution >= 0.6 is 11.6 Å². The second kappa shape index (κ2) is 5.38. The predicted octanol–water partition coefficient (Wildman–Crippen LogP) is 3.30. The van der Waals surface area contributed by atoms with E-state index in [9.17, 15) is 5.11 Å². The van der Waals surface area contributed by atoms with E-state index in [-0.39, 0.29) is 6.04 Å². The van der Waals surface area contributed by atoms with Gasteiger partial charge in [0.25, 0.3) is 0 Å². The molecule has 1 saturated carbocycles. The van der Waals surface area contributed by atoms with Crippen molar-refractivity contribution in [1.82, 2.24) is 5.32 Å². The van der Waals surface area contributed by atoms with Gasteiger partial charge in [0.05, 0.1) is 5.60 Å². The molecule has 2 rings (SSSR count). The lowest BCUT2D eigenvalue weighted by atomic mass is 10.0. The molecule has 0 bridgehead atoms. The number of rotatable bonds is 4. The zero-order chi connectivity index (χ0) is 12.3. The van der Waals surface area contributed by atoms with E-state index in [0.29, 0.717) is 6.54 Å². The molecule has 94 valence electrons. The van der Waals surface area contributed by atoms with Gasteiger partial charge in [-0.2, -0.15) is 0 Å². The maximum absolute atomic E-state index is 10.3. The third kappa shape index (κ3) is 3.44. The van der Waals surface area contributed by atoms with Gasteiger partial charge in [-0.1, -0.05) is 36.6 Å². The second-order valence-electron chi connectivity index (χ2n) is 5.09. The van der Waals surface area contributed by atoms with Crippen molar-refractivity contribution in [2.75, 3.05) is 6.54 Å². The summed E-state index contributed by atoms with van der Waals surface area (Å²) in [5.41, 5.74) is 0.673. The molecule has 0 aliphatic heterocycles. The molecular weight excluding hydrogens is 234 g/mol. The molecule has 0 heterocycles. The van der Waals surface area contributed by atoms with Crippen LogP contribution in [-0.4, -0.2) is 17.3 Å². The normalized spacial score (nSPS) is 20.4. The average Bonchev–Trinajstić information content (AvgIpc) is 2.74. The quantitative estimate of drug-likeness (QED) is 0.863. The summed E-state index contributed by atoms with van der Waals surface area (Å²) in [5.74, 6) is 0. The smallest absolute Gasteiger partial charge is 0.0771 e. The molecular formula is C14H20ClNO. The molecule has 1 aliphatic rings. The minimum atomic E-state index is -0.493. The Morgan fingerprint density at radius 3 is 2.76 bits per heavy atom. The first kappa shape index (κ1) is 12.9. The lowest BCUT2D eigenvalue weighted by molar-refractivity contribution is 0.0453. The van der Waals surface area contributed by atoms with Gasteiger partial charge in [0, 0.05) is 17.6 Å². The van der Waals surface area contributed by atoms with Crippen molar-refractivity contribution in [2.24, 2.45) is 0 Å². The highest BCUT2D eigenvalue weighted by molar-refractivity contribution is 6.30. The van der Waals surface area contributed by atoms with Crippen LogP contribution in [0.2, 0.25) is 5.02 Å². The van der Waals surface area contributed by atoms with Crippen LogP contribution in [0.25, 0.3) is 0 Å². The van der Waals surface area contributed by atoms with Crippen molar-refractivity contribution < 1.29 is 5.11 Å². The molecule has 2 N–H and O–H groups in total. The van der Waals surface area contributed by atoms with E-state index >= 15 is 0 Å². The number of hydrogen-bond donors (Lipinski definition) is 2. The van der Waals surface area contributed by atoms with Gasteiger partial charge in [-0.05, 0) is 37.5 Å². The highest BCUT2D eigenvalue weighted by Gasteiger charge is 2.30. The topological polar surface area (TPSA) is 32.3 Å². The van der Waals surface area contributed by atoms with E-state index < -0.39 is 5.60 Å². The maximum Gasteiger partial charge on any atom is 0.0771 e. The first-order valence-corrected chi connectivity index (χ1v) is 6.68. The van der Waals surface area contributed by atoms with Gasteiger partial charge in [0.1, 0.15) is 0 Å². The monoisotopic (exact) mass is 253 g/mol. The summed E-state index contributed by atoms with van der Waals surface area (Å²) < 4.78 is 0. The second-order valence-corrected chi connectivity index (χ2v) is 5.53. The predicted molar refractivity (Wildman–Crippen MR) is 71.3 cm³/mol. The van der Waals surface area contributed by atoms with Gasteiger partial charge < -0.3 is 10.4 Å². The molecule has 0 radical (unpaired) electrons. The van der Waals surface area contributed by atoms with Crippen molar-refractivity contribution in [3.63, 3.8) is 0 Å². The van der Waals surface area contributed by atoms with Crippen LogP contribution in [0.3, 0.4) is 0 Å². The van der Waals surface area contributed by atoms with Crippen molar-refractivity contribution in [3.8, 4) is 0 Å². The molecule has 1 aromatic carbocycles. The fraction of sp³-hybridized carbons (Fsp3) is 0.571. The third-order valence-corrected chi connectivity index (χ3v) is 3.86. The Morgan fingerprint density at radius 1 is 1.41 bits per heavy atom. The van der Waals surface area contributed by atoms with Crippen LogP contribution in [0, 0.1) is 0 Å². The fourth-order valence-corrected chi connectivity index (χ4v) is 2.65. The average molecular weight is 254 g/mol. The summed E-state index contributed by atoms with van der Waals surface area (Å²) in [4.78, 5) is 0. The summed E-state index contributed by atoms with van der Waals surface area (Å²) in [6.07, 6.45) is 4.12. The molecule has 0 amide bonds. The Balaban J connectivity index is 1.91. The molecule has 1 atom stereocenters. The Labute approximate surface area is 108 Å². The number of hydrogen-bond acceptors (Lipinski definition) is 2. The highest BCUT2D eigenvalue weighted by atomic mass is 35.5. The summed E-state index contributed by atoms with van der Waals surface area (Å²) in [5, 5.41) is 14.4. The summed E-state index contributed by atoms with van der Waals surface area (Å²) >= 11 is 5.97. The summed E-state index contributed by atoms with van der Waals surface area (Å²) in [7, 11) is 0. The van der Waals surface area contributed by atoms with Crippen molar-refractivity contribution in [3.05, 3.63) is 34.9 Å². The van der Waals surface area contributed by atoms with Crippen molar-refractivity contribution >= 4 is 11.6 Å². The zero-order valence-electron chi connectivity index (χ0n) is 10.2. The van der Waals surface area contributed by atoms with Crippen molar-refractivity contribution in [1.29, 1.82) is 0 Å². The van der Waals surface area contributed by atoms with Crippen LogP contribution in [0.4, 0.5) is 0 Å². The molecule has 0 aromatic heterocycles. The number of nitrogens with one attached hydrogen (secondary N) is 1. The Morgan fingerprint density at radius 2 is 2.12 bits per heavy atom. The number of halogens is 1. The molecule has 1 aromatic rings. The van der Waals surface area contributed by atoms with Gasteiger partial charge in [-0.25, -0.2) is 0 Å². The lowest BCUT2D eigenvalue weighted by Gasteiger charge is -2.25. The van der Waals surface area contributed by atoms with Crippen LogP contribution in [0.15, 0.2) is 24.3 Å². The van der Waals surface area contributed by atoms with Gasteiger partial charge in [-0.3, -0.25) is 0 Å². The van der Waals surface area contributed by atoms with Crippen LogP contribution in [0.5, 0.6) is 0 Å². The molecule has 2 nitrogen and oxygen atoms in total. The SMILES string of the molecule is C[C@H](NCC1(O)CCCC1)c1cccc(Cl)c1. The number of aliphatic hydroxyl groups is 1. The van der Waals surface area contributed by atoms with E-state index in [1.165, 1.54) is 5.56 Å². The Kier molecular flexibility index (Phi) is 4.08. The van der Waals surface area contributed by atoms with E-state index in [1.807, 2.05) is 18.2 Å². The van der Waals surface area contributed by atoms with Crippen LogP contribution < -0.4 is 5.32 Å². The standard InChI is InChI=1S/C14H20ClNO/c1-11(12-5-4-6-13(15)9-12)16-10-14(17)7-2-3-8-14/h4-6,9,11,16-17H,2-3,7-8,10H2,1H3/t11-/m0/s1. The summed E-state index contributed by atoms with van der Waals surface area (Å²) in [6, 6.07) is 8.08. The van der Waals surface area contributed by atoms with Gasteiger partial charge >= 0.3 is 0 Å². The molecule has 0 spiro atoms. The number of benzene rings is 1. The Bertz CT molecular complexity index is 374. The minimum absolute atomic E-state index is 0.221. The molecule has 1 aliphatic carbocycles. The third-order valence-electron chi connectivity index (χ3n) is 3.62. The first-order chi connectivity index (χ1) is 8.09. The van der Waals surface area contributed by atoms with Crippen molar-refractivity contribution in [2.45, 2.75) is 44.2 Å². The first-order valence-electron chi connectivity index (χ1n) is 6.30. The minimum Gasteiger partial charge on any atom is -0.389 e. The van der Waals surface area contributed by atoms with E-state index in [1.54, 1.807) is 0 Å². The lowest BCUT2D eigenvalue weighted by Crippen LogP contribution is -2.39. The van der Waals surface area contributed by atoms with E-state index in [0.717, 1.165) is 30.7 Å². The maximum atomic E-state index is 10.3. The van der Waals surface area contributed by atoms with E-state index in [4.69, 9.17) is 11.6 Å². The van der Waals surface area contributed by atoms with Gasteiger partial charge in [0.15, 0.2) is 0 Å². The largest absolute Gasteiger partial charge is 0.389 e. The zero-order valence-corrected chi connectivity index (χ0v) is 11.0. The highest BCUT2D eigenvalue weighted by Crippen LogP contribution is 2.29. The van der Waals surface area contributed by atoms with Crippen LogP contribution in [-0.2, 0) is 0 Å². The molecule has 1 fully saturated rings.